The largest absolute Gasteiger partial charge is 0.397 e. The van der Waals surface area contributed by atoms with Crippen molar-refractivity contribution in [2.75, 3.05) is 30.7 Å². The summed E-state index contributed by atoms with van der Waals surface area (Å²) in [6.45, 7) is 3.10. The molecular weight excluding hydrogens is 238 g/mol. The number of benzene rings is 1. The van der Waals surface area contributed by atoms with E-state index in [1.54, 1.807) is 6.07 Å². The molecule has 4 nitrogen and oxygen atoms in total. The van der Waals surface area contributed by atoms with Crippen LogP contribution in [0.3, 0.4) is 0 Å². The van der Waals surface area contributed by atoms with E-state index in [0.29, 0.717) is 17.8 Å². The van der Waals surface area contributed by atoms with Crippen LogP contribution in [-0.4, -0.2) is 30.4 Å². The zero-order valence-electron chi connectivity index (χ0n) is 11.4. The minimum absolute atomic E-state index is 0.0437. The van der Waals surface area contributed by atoms with Gasteiger partial charge in [0.2, 0.25) is 5.91 Å². The maximum Gasteiger partial charge on any atom is 0.225 e. The zero-order valence-corrected chi connectivity index (χ0v) is 11.4. The van der Waals surface area contributed by atoms with E-state index in [0.717, 1.165) is 19.6 Å². The van der Waals surface area contributed by atoms with E-state index in [4.69, 9.17) is 5.73 Å². The van der Waals surface area contributed by atoms with Crippen molar-refractivity contribution in [2.45, 2.75) is 32.1 Å². The number of nitrogens with zero attached hydrogens (tertiary/aromatic N) is 1. The number of para-hydroxylation sites is 2. The molecule has 0 radical (unpaired) electrons. The second-order valence-corrected chi connectivity index (χ2v) is 5.14. The third-order valence-corrected chi connectivity index (χ3v) is 3.59. The van der Waals surface area contributed by atoms with Crippen molar-refractivity contribution in [2.24, 2.45) is 0 Å². The van der Waals surface area contributed by atoms with Crippen LogP contribution in [0.15, 0.2) is 24.3 Å². The van der Waals surface area contributed by atoms with Crippen LogP contribution in [0.4, 0.5) is 11.4 Å². The van der Waals surface area contributed by atoms with Crippen molar-refractivity contribution in [3.05, 3.63) is 24.3 Å². The van der Waals surface area contributed by atoms with Gasteiger partial charge in [-0.15, -0.1) is 0 Å². The van der Waals surface area contributed by atoms with Crippen molar-refractivity contribution in [1.29, 1.82) is 0 Å². The number of hydrogen-bond donors (Lipinski definition) is 2. The fraction of sp³-hybridized carbons (Fsp3) is 0.533. The smallest absolute Gasteiger partial charge is 0.225 e. The molecule has 0 aromatic heterocycles. The van der Waals surface area contributed by atoms with E-state index < -0.39 is 0 Å². The van der Waals surface area contributed by atoms with Gasteiger partial charge in [0, 0.05) is 13.0 Å². The number of carbonyl (C=O) groups is 1. The minimum atomic E-state index is 0.0437. The van der Waals surface area contributed by atoms with Gasteiger partial charge in [0.15, 0.2) is 0 Å². The lowest BCUT2D eigenvalue weighted by Gasteiger charge is -2.19. The maximum absolute atomic E-state index is 11.9. The average molecular weight is 261 g/mol. The summed E-state index contributed by atoms with van der Waals surface area (Å²) in [6.07, 6.45) is 5.70. The molecule has 3 N–H and O–H groups in total. The number of carbonyl (C=O) groups excluding carboxylic acids is 1. The summed E-state index contributed by atoms with van der Waals surface area (Å²) in [5, 5.41) is 2.87. The van der Waals surface area contributed by atoms with Crippen LogP contribution in [0.1, 0.15) is 32.1 Å². The van der Waals surface area contributed by atoms with Gasteiger partial charge < -0.3 is 16.0 Å². The van der Waals surface area contributed by atoms with Crippen molar-refractivity contribution in [3.63, 3.8) is 0 Å². The molecule has 1 amide bonds. The molecule has 0 bridgehead atoms. The number of amides is 1. The Bertz CT molecular complexity index is 412. The fourth-order valence-electron chi connectivity index (χ4n) is 2.44. The molecule has 0 saturated carbocycles. The molecule has 1 aromatic rings. The normalized spacial score (nSPS) is 16.8. The quantitative estimate of drug-likeness (QED) is 0.819. The number of nitrogen functional groups attached to an aromatic ring is 1. The second-order valence-electron chi connectivity index (χ2n) is 5.14. The van der Waals surface area contributed by atoms with Gasteiger partial charge in [-0.25, -0.2) is 0 Å². The highest BCUT2D eigenvalue weighted by Crippen LogP contribution is 2.17. The molecule has 19 heavy (non-hydrogen) atoms. The van der Waals surface area contributed by atoms with Crippen molar-refractivity contribution >= 4 is 17.3 Å². The first-order valence-corrected chi connectivity index (χ1v) is 7.12. The molecule has 0 aliphatic carbocycles. The number of rotatable bonds is 4. The topological polar surface area (TPSA) is 58.4 Å². The first kappa shape index (κ1) is 13.9. The zero-order chi connectivity index (χ0) is 13.5. The van der Waals surface area contributed by atoms with Gasteiger partial charge in [0.1, 0.15) is 0 Å². The Hall–Kier alpha value is -1.55. The second kappa shape index (κ2) is 7.14. The van der Waals surface area contributed by atoms with E-state index >= 15 is 0 Å². The van der Waals surface area contributed by atoms with Crippen LogP contribution in [-0.2, 0) is 4.79 Å². The molecule has 1 aliphatic heterocycles. The van der Waals surface area contributed by atoms with Gasteiger partial charge in [0.05, 0.1) is 11.4 Å². The van der Waals surface area contributed by atoms with E-state index in [-0.39, 0.29) is 5.91 Å². The standard InChI is InChI=1S/C15H23N3O/c16-13-7-3-4-8-14(13)17-15(19)9-12-18-10-5-1-2-6-11-18/h3-4,7-8H,1-2,5-6,9-12,16H2,(H,17,19). The van der Waals surface area contributed by atoms with Gasteiger partial charge in [-0.1, -0.05) is 25.0 Å². The summed E-state index contributed by atoms with van der Waals surface area (Å²) in [5.41, 5.74) is 7.13. The Morgan fingerprint density at radius 3 is 2.53 bits per heavy atom. The molecule has 1 heterocycles. The number of anilines is 2. The molecular formula is C15H23N3O. The molecule has 2 rings (SSSR count). The summed E-state index contributed by atoms with van der Waals surface area (Å²) in [6, 6.07) is 7.37. The third kappa shape index (κ3) is 4.56. The van der Waals surface area contributed by atoms with Crippen LogP contribution in [0.5, 0.6) is 0 Å². The highest BCUT2D eigenvalue weighted by molar-refractivity contribution is 5.93. The van der Waals surface area contributed by atoms with Crippen molar-refractivity contribution < 1.29 is 4.79 Å². The van der Waals surface area contributed by atoms with Crippen molar-refractivity contribution in [1.82, 2.24) is 4.90 Å². The SMILES string of the molecule is Nc1ccccc1NC(=O)CCN1CCCCCC1. The molecule has 104 valence electrons. The molecule has 1 aliphatic rings. The highest BCUT2D eigenvalue weighted by atomic mass is 16.1. The monoisotopic (exact) mass is 261 g/mol. The summed E-state index contributed by atoms with van der Waals surface area (Å²) in [7, 11) is 0. The lowest BCUT2D eigenvalue weighted by atomic mass is 10.2. The lowest BCUT2D eigenvalue weighted by Crippen LogP contribution is -2.28. The molecule has 0 unspecified atom stereocenters. The van der Waals surface area contributed by atoms with E-state index in [1.165, 1.54) is 25.7 Å². The molecule has 1 fully saturated rings. The minimum Gasteiger partial charge on any atom is -0.397 e. The first-order chi connectivity index (χ1) is 9.25. The van der Waals surface area contributed by atoms with E-state index in [2.05, 4.69) is 10.2 Å². The van der Waals surface area contributed by atoms with Gasteiger partial charge in [0.25, 0.3) is 0 Å². The Labute approximate surface area is 115 Å². The number of hydrogen-bond acceptors (Lipinski definition) is 3. The predicted octanol–water partition coefficient (Wildman–Crippen LogP) is 2.47. The summed E-state index contributed by atoms with van der Waals surface area (Å²) in [5.74, 6) is 0.0437. The van der Waals surface area contributed by atoms with Gasteiger partial charge >= 0.3 is 0 Å². The molecule has 4 heteroatoms. The molecule has 1 saturated heterocycles. The van der Waals surface area contributed by atoms with Gasteiger partial charge in [-0.2, -0.15) is 0 Å². The molecule has 0 atom stereocenters. The lowest BCUT2D eigenvalue weighted by molar-refractivity contribution is -0.116. The summed E-state index contributed by atoms with van der Waals surface area (Å²) in [4.78, 5) is 14.3. The highest BCUT2D eigenvalue weighted by Gasteiger charge is 2.11. The van der Waals surface area contributed by atoms with E-state index in [1.807, 2.05) is 18.2 Å². The summed E-state index contributed by atoms with van der Waals surface area (Å²) >= 11 is 0. The number of nitrogens with one attached hydrogen (secondary N) is 1. The predicted molar refractivity (Wildman–Crippen MR) is 79.0 cm³/mol. The molecule has 1 aromatic carbocycles. The van der Waals surface area contributed by atoms with Gasteiger partial charge in [-0.05, 0) is 38.1 Å². The van der Waals surface area contributed by atoms with Crippen molar-refractivity contribution in [3.8, 4) is 0 Å². The van der Waals surface area contributed by atoms with E-state index in [9.17, 15) is 4.79 Å². The van der Waals surface area contributed by atoms with Crippen LogP contribution in [0.25, 0.3) is 0 Å². The van der Waals surface area contributed by atoms with Crippen LogP contribution in [0, 0.1) is 0 Å². The molecule has 0 spiro atoms. The van der Waals surface area contributed by atoms with Gasteiger partial charge in [-0.3, -0.25) is 4.79 Å². The Morgan fingerprint density at radius 1 is 1.16 bits per heavy atom. The fourth-order valence-corrected chi connectivity index (χ4v) is 2.44. The Balaban J connectivity index is 1.76. The maximum atomic E-state index is 11.9. The number of nitrogens with two attached hydrogens (primary N) is 1. The van der Waals surface area contributed by atoms with Crippen LogP contribution >= 0.6 is 0 Å². The third-order valence-electron chi connectivity index (χ3n) is 3.59. The summed E-state index contributed by atoms with van der Waals surface area (Å²) < 4.78 is 0. The Morgan fingerprint density at radius 2 is 1.84 bits per heavy atom. The van der Waals surface area contributed by atoms with Crippen LogP contribution in [0.2, 0.25) is 0 Å². The van der Waals surface area contributed by atoms with Crippen LogP contribution < -0.4 is 11.1 Å². The first-order valence-electron chi connectivity index (χ1n) is 7.12. The average Bonchev–Trinajstić information content (AvgIpc) is 2.68. The Kier molecular flexibility index (Phi) is 5.21. The number of likely N-dealkylation sites (tertiary alicyclic amines) is 1.